The van der Waals surface area contributed by atoms with Gasteiger partial charge in [0, 0.05) is 0 Å². The predicted octanol–water partition coefficient (Wildman–Crippen LogP) is 5.45. The monoisotopic (exact) mass is 400 g/mol. The SMILES string of the molecule is C=CC(COC(C)c1cc(C(F)(F)F)cc(C(F)(F)F)c1)(NC)[P+](=C)C. The Kier molecular flexibility index (Phi) is 7.07. The Morgan fingerprint density at radius 2 is 1.58 bits per heavy atom. The summed E-state index contributed by atoms with van der Waals surface area (Å²) in [6.07, 6.45) is -5.23. The fourth-order valence-corrected chi connectivity index (χ4v) is 3.24. The number of rotatable bonds is 7. The molecule has 0 aromatic heterocycles. The van der Waals surface area contributed by atoms with Crippen LogP contribution in [0.3, 0.4) is 0 Å². The van der Waals surface area contributed by atoms with Gasteiger partial charge in [-0.25, -0.2) is 0 Å². The lowest BCUT2D eigenvalue weighted by atomic mass is 10.0. The molecule has 1 aromatic rings. The largest absolute Gasteiger partial charge is 0.416 e. The molecule has 3 atom stereocenters. The number of nitrogens with one attached hydrogen (secondary N) is 1. The molecule has 0 aliphatic heterocycles. The quantitative estimate of drug-likeness (QED) is 0.374. The van der Waals surface area contributed by atoms with E-state index in [1.165, 1.54) is 6.92 Å². The van der Waals surface area contributed by atoms with E-state index in [1.54, 1.807) is 13.1 Å². The van der Waals surface area contributed by atoms with Crippen molar-refractivity contribution in [3.8, 4) is 0 Å². The molecule has 0 bridgehead atoms. The molecule has 1 rings (SSSR count). The van der Waals surface area contributed by atoms with Crippen molar-refractivity contribution in [3.63, 3.8) is 0 Å². The lowest BCUT2D eigenvalue weighted by molar-refractivity contribution is -0.143. The molecule has 0 amide bonds. The van der Waals surface area contributed by atoms with E-state index in [0.29, 0.717) is 12.1 Å². The normalized spacial score (nSPS) is 16.7. The lowest BCUT2D eigenvalue weighted by Gasteiger charge is -2.25. The van der Waals surface area contributed by atoms with Gasteiger partial charge in [0.15, 0.2) is 0 Å². The van der Waals surface area contributed by atoms with Gasteiger partial charge >= 0.3 is 12.4 Å². The molecule has 0 saturated carbocycles. The average molecular weight is 400 g/mol. The second-order valence-corrected chi connectivity index (χ2v) is 8.06. The molecule has 0 radical (unpaired) electrons. The summed E-state index contributed by atoms with van der Waals surface area (Å²) in [5, 5.41) is 2.31. The highest BCUT2D eigenvalue weighted by Crippen LogP contribution is 2.39. The van der Waals surface area contributed by atoms with Crippen LogP contribution in [0.15, 0.2) is 30.9 Å². The van der Waals surface area contributed by atoms with Crippen LogP contribution >= 0.6 is 7.55 Å². The van der Waals surface area contributed by atoms with E-state index >= 15 is 0 Å². The average Bonchev–Trinajstić information content (AvgIpc) is 2.53. The minimum Gasteiger partial charge on any atom is -0.367 e. The molecular weight excluding hydrogens is 379 g/mol. The van der Waals surface area contributed by atoms with E-state index in [-0.39, 0.29) is 18.2 Å². The van der Waals surface area contributed by atoms with Gasteiger partial charge in [-0.3, -0.25) is 5.32 Å². The number of benzene rings is 1. The van der Waals surface area contributed by atoms with E-state index in [9.17, 15) is 26.3 Å². The van der Waals surface area contributed by atoms with Gasteiger partial charge < -0.3 is 4.74 Å². The second kappa shape index (κ2) is 8.11. The molecule has 0 saturated heterocycles. The van der Waals surface area contributed by atoms with Crippen molar-refractivity contribution < 1.29 is 31.1 Å². The van der Waals surface area contributed by atoms with Gasteiger partial charge in [0.05, 0.1) is 30.2 Å². The van der Waals surface area contributed by atoms with Crippen LogP contribution < -0.4 is 5.32 Å². The van der Waals surface area contributed by atoms with Crippen LogP contribution in [-0.2, 0) is 17.1 Å². The molecule has 0 fully saturated rings. The first-order chi connectivity index (χ1) is 11.8. The van der Waals surface area contributed by atoms with Crippen molar-refractivity contribution in [3.05, 3.63) is 47.5 Å². The van der Waals surface area contributed by atoms with E-state index < -0.39 is 42.4 Å². The summed E-state index contributed by atoms with van der Waals surface area (Å²) in [6.45, 7) is 6.97. The van der Waals surface area contributed by atoms with E-state index in [2.05, 4.69) is 18.2 Å². The first-order valence-corrected chi connectivity index (χ1v) is 9.52. The maximum absolute atomic E-state index is 13.0. The summed E-state index contributed by atoms with van der Waals surface area (Å²) < 4.78 is 83.3. The Morgan fingerprint density at radius 1 is 1.12 bits per heavy atom. The van der Waals surface area contributed by atoms with Crippen LogP contribution in [0.1, 0.15) is 29.7 Å². The van der Waals surface area contributed by atoms with Crippen LogP contribution in [0.25, 0.3) is 0 Å². The summed E-state index contributed by atoms with van der Waals surface area (Å²) in [7, 11) is 0.797. The Bertz CT molecular complexity index is 638. The summed E-state index contributed by atoms with van der Waals surface area (Å²) in [4.78, 5) is 0. The highest BCUT2D eigenvalue weighted by molar-refractivity contribution is 7.56. The standard InChI is InChI=1S/C17H21F6NOP/c1-6-15(24-3,26(4)5)10-25-11(2)12-7-13(16(18,19)20)9-14(8-12)17(21,22)23/h6-9,11,24H,1,4,10H2,2-3,5H3/q+1. The highest BCUT2D eigenvalue weighted by Gasteiger charge is 2.39. The van der Waals surface area contributed by atoms with Crippen LogP contribution in [-0.4, -0.2) is 31.9 Å². The van der Waals surface area contributed by atoms with Crippen LogP contribution in [0.5, 0.6) is 0 Å². The summed E-state index contributed by atoms with van der Waals surface area (Å²) in [6, 6.07) is 1.45. The second-order valence-electron chi connectivity index (χ2n) is 5.87. The molecule has 26 heavy (non-hydrogen) atoms. The molecule has 1 aromatic carbocycles. The van der Waals surface area contributed by atoms with Crippen molar-refractivity contribution in [2.75, 3.05) is 20.3 Å². The van der Waals surface area contributed by atoms with Crippen molar-refractivity contribution in [2.24, 2.45) is 0 Å². The molecule has 2 nitrogen and oxygen atoms in total. The molecule has 0 aliphatic rings. The van der Waals surface area contributed by atoms with Crippen molar-refractivity contribution >= 4 is 13.8 Å². The third kappa shape index (κ3) is 5.32. The third-order valence-corrected chi connectivity index (χ3v) is 5.98. The molecule has 0 aliphatic carbocycles. The van der Waals surface area contributed by atoms with Gasteiger partial charge in [0.2, 0.25) is 5.28 Å². The maximum Gasteiger partial charge on any atom is 0.416 e. The molecule has 0 spiro atoms. The van der Waals surface area contributed by atoms with Crippen molar-refractivity contribution in [1.29, 1.82) is 0 Å². The first-order valence-electron chi connectivity index (χ1n) is 7.54. The zero-order valence-electron chi connectivity index (χ0n) is 14.6. The van der Waals surface area contributed by atoms with Gasteiger partial charge in [-0.2, -0.15) is 26.3 Å². The Hall–Kier alpha value is -1.37. The van der Waals surface area contributed by atoms with Crippen molar-refractivity contribution in [2.45, 2.75) is 30.7 Å². The fourth-order valence-electron chi connectivity index (χ4n) is 2.25. The van der Waals surface area contributed by atoms with E-state index in [4.69, 9.17) is 4.74 Å². The summed E-state index contributed by atoms with van der Waals surface area (Å²) in [5.41, 5.74) is -2.93. The number of halogens is 6. The fraction of sp³-hybridized carbons (Fsp3) is 0.471. The molecular formula is C17H21F6NOP+. The van der Waals surface area contributed by atoms with Crippen LogP contribution in [0.4, 0.5) is 26.3 Å². The Balaban J connectivity index is 3.21. The van der Waals surface area contributed by atoms with E-state index in [0.717, 1.165) is 0 Å². The van der Waals surface area contributed by atoms with E-state index in [1.807, 2.05) is 6.66 Å². The molecule has 9 heteroatoms. The Morgan fingerprint density at radius 3 is 1.88 bits per heavy atom. The van der Waals surface area contributed by atoms with Crippen LogP contribution in [0, 0.1) is 0 Å². The molecule has 3 unspecified atom stereocenters. The topological polar surface area (TPSA) is 21.3 Å². The zero-order valence-corrected chi connectivity index (χ0v) is 15.5. The number of alkyl halides is 6. The van der Waals surface area contributed by atoms with Crippen molar-refractivity contribution in [1.82, 2.24) is 5.32 Å². The first kappa shape index (κ1) is 22.7. The number of ether oxygens (including phenoxy) is 1. The van der Waals surface area contributed by atoms with Gasteiger partial charge in [0.25, 0.3) is 0 Å². The third-order valence-electron chi connectivity index (χ3n) is 4.08. The molecule has 1 N–H and O–H groups in total. The number of likely N-dealkylation sites (N-methyl/N-ethyl adjacent to an activating group) is 1. The maximum atomic E-state index is 13.0. The minimum atomic E-state index is -4.89. The highest BCUT2D eigenvalue weighted by atomic mass is 31.1. The summed E-state index contributed by atoms with van der Waals surface area (Å²) in [5.74, 6) is 0. The van der Waals surface area contributed by atoms with Gasteiger partial charge in [-0.15, -0.1) is 0 Å². The number of hydrogen-bond donors (Lipinski definition) is 1. The lowest BCUT2D eigenvalue weighted by Crippen LogP contribution is -2.42. The Labute approximate surface area is 149 Å². The smallest absolute Gasteiger partial charge is 0.367 e. The number of hydrogen-bond acceptors (Lipinski definition) is 2. The molecule has 0 heterocycles. The minimum absolute atomic E-state index is 0.0114. The van der Waals surface area contributed by atoms with Crippen LogP contribution in [0.2, 0.25) is 0 Å². The summed E-state index contributed by atoms with van der Waals surface area (Å²) >= 11 is 0. The predicted molar refractivity (Wildman–Crippen MR) is 92.8 cm³/mol. The molecule has 146 valence electrons. The van der Waals surface area contributed by atoms with Gasteiger partial charge in [-0.05, 0) is 43.8 Å². The van der Waals surface area contributed by atoms with Gasteiger partial charge in [-0.1, -0.05) is 6.58 Å². The van der Waals surface area contributed by atoms with Gasteiger partial charge in [0.1, 0.15) is 14.2 Å². The zero-order chi connectivity index (χ0) is 20.3.